The molecule has 1 saturated heterocycles. The van der Waals surface area contributed by atoms with Crippen molar-refractivity contribution in [2.75, 3.05) is 13.6 Å². The molecule has 0 aliphatic carbocycles. The van der Waals surface area contributed by atoms with Crippen molar-refractivity contribution in [3.05, 3.63) is 0 Å². The molecule has 62 valence electrons. The molecule has 1 unspecified atom stereocenters. The first-order chi connectivity index (χ1) is 4.97. The van der Waals surface area contributed by atoms with Crippen molar-refractivity contribution in [3.8, 4) is 0 Å². The fraction of sp³-hybridized carbons (Fsp3) is 0.714. The van der Waals surface area contributed by atoms with E-state index in [-0.39, 0.29) is 24.5 Å². The Kier molecular flexibility index (Phi) is 1.82. The number of likely N-dealkylation sites (N-methyl/N-ethyl adjacent to an activating group) is 1. The summed E-state index contributed by atoms with van der Waals surface area (Å²) in [5.74, 6) is -0.462. The summed E-state index contributed by atoms with van der Waals surface area (Å²) in [5, 5.41) is 9.56. The lowest BCUT2D eigenvalue weighted by atomic mass is 10.1. The van der Waals surface area contributed by atoms with Gasteiger partial charge in [0.2, 0.25) is 0 Å². The normalized spacial score (nSPS) is 32.8. The van der Waals surface area contributed by atoms with Crippen LogP contribution in [-0.4, -0.2) is 40.9 Å². The predicted molar refractivity (Wildman–Crippen MR) is 37.9 cm³/mol. The predicted octanol–water partition coefficient (Wildman–Crippen LogP) is -0.831. The van der Waals surface area contributed by atoms with Crippen LogP contribution in [0.5, 0.6) is 0 Å². The van der Waals surface area contributed by atoms with E-state index in [4.69, 9.17) is 0 Å². The van der Waals surface area contributed by atoms with Crippen LogP contribution in [-0.2, 0) is 9.59 Å². The second kappa shape index (κ2) is 2.39. The number of hydrogen-bond donors (Lipinski definition) is 1. The standard InChI is InChI=1S/C7H11NO3/c1-5(9)7(11)3-6(10)4-8(7)2/h11H,3-4H2,1-2H3. The van der Waals surface area contributed by atoms with Crippen molar-refractivity contribution in [3.63, 3.8) is 0 Å². The Balaban J connectivity index is 2.87. The van der Waals surface area contributed by atoms with Gasteiger partial charge in [-0.15, -0.1) is 0 Å². The van der Waals surface area contributed by atoms with Crippen LogP contribution in [0, 0.1) is 0 Å². The molecule has 4 heteroatoms. The molecule has 0 amide bonds. The third-order valence-corrected chi connectivity index (χ3v) is 2.05. The van der Waals surface area contributed by atoms with Crippen LogP contribution in [0.25, 0.3) is 0 Å². The quantitative estimate of drug-likeness (QED) is 0.539. The highest BCUT2D eigenvalue weighted by Gasteiger charge is 2.45. The minimum atomic E-state index is -1.53. The number of aliphatic hydroxyl groups is 1. The highest BCUT2D eigenvalue weighted by molar-refractivity contribution is 5.95. The Hall–Kier alpha value is -0.740. The molecule has 1 atom stereocenters. The van der Waals surface area contributed by atoms with Crippen LogP contribution < -0.4 is 0 Å². The Bertz CT molecular complexity index is 214. The number of carbonyl (C=O) groups excluding carboxylic acids is 2. The van der Waals surface area contributed by atoms with Gasteiger partial charge in [0.1, 0.15) is 0 Å². The van der Waals surface area contributed by atoms with Gasteiger partial charge in [-0.1, -0.05) is 0 Å². The SMILES string of the molecule is CC(=O)C1(O)CC(=O)CN1C. The molecule has 1 N–H and O–H groups in total. The zero-order valence-electron chi connectivity index (χ0n) is 6.63. The minimum absolute atomic E-state index is 0.0706. The maximum absolute atomic E-state index is 10.9. The molecule has 1 rings (SSSR count). The first kappa shape index (κ1) is 8.36. The zero-order chi connectivity index (χ0) is 8.65. The lowest BCUT2D eigenvalue weighted by Gasteiger charge is -2.25. The van der Waals surface area contributed by atoms with Crippen LogP contribution in [0.2, 0.25) is 0 Å². The number of carbonyl (C=O) groups is 2. The molecule has 1 heterocycles. The first-order valence-corrected chi connectivity index (χ1v) is 3.43. The molecule has 0 aromatic rings. The molecule has 0 bridgehead atoms. The molecule has 1 aliphatic heterocycles. The van der Waals surface area contributed by atoms with Gasteiger partial charge in [-0.3, -0.25) is 14.5 Å². The van der Waals surface area contributed by atoms with Crippen LogP contribution >= 0.6 is 0 Å². The first-order valence-electron chi connectivity index (χ1n) is 3.43. The largest absolute Gasteiger partial charge is 0.368 e. The maximum atomic E-state index is 10.9. The molecule has 1 fully saturated rings. The molecular formula is C7H11NO3. The van der Waals surface area contributed by atoms with E-state index in [9.17, 15) is 14.7 Å². The molecule has 0 saturated carbocycles. The van der Waals surface area contributed by atoms with E-state index in [1.807, 2.05) is 0 Å². The topological polar surface area (TPSA) is 57.6 Å². The Morgan fingerprint density at radius 3 is 2.45 bits per heavy atom. The number of likely N-dealkylation sites (tertiary alicyclic amines) is 1. The molecule has 4 nitrogen and oxygen atoms in total. The molecule has 0 spiro atoms. The van der Waals surface area contributed by atoms with Gasteiger partial charge in [0, 0.05) is 0 Å². The lowest BCUT2D eigenvalue weighted by molar-refractivity contribution is -0.150. The Morgan fingerprint density at radius 2 is 2.27 bits per heavy atom. The van der Waals surface area contributed by atoms with E-state index in [0.29, 0.717) is 0 Å². The summed E-state index contributed by atoms with van der Waals surface area (Å²) in [6.07, 6.45) is -0.0706. The maximum Gasteiger partial charge on any atom is 0.185 e. The summed E-state index contributed by atoms with van der Waals surface area (Å²) in [5.41, 5.74) is -1.53. The molecular weight excluding hydrogens is 146 g/mol. The van der Waals surface area contributed by atoms with E-state index in [0.717, 1.165) is 0 Å². The van der Waals surface area contributed by atoms with Crippen molar-refractivity contribution in [1.29, 1.82) is 0 Å². The van der Waals surface area contributed by atoms with Gasteiger partial charge in [-0.2, -0.15) is 0 Å². The summed E-state index contributed by atoms with van der Waals surface area (Å²) in [7, 11) is 1.56. The number of hydrogen-bond acceptors (Lipinski definition) is 4. The van der Waals surface area contributed by atoms with E-state index in [1.165, 1.54) is 11.8 Å². The fourth-order valence-electron chi connectivity index (χ4n) is 1.25. The summed E-state index contributed by atoms with van der Waals surface area (Å²) in [4.78, 5) is 23.1. The van der Waals surface area contributed by atoms with Gasteiger partial charge >= 0.3 is 0 Å². The third kappa shape index (κ3) is 1.19. The summed E-state index contributed by atoms with van der Waals surface area (Å²) in [6.45, 7) is 1.45. The number of rotatable bonds is 1. The van der Waals surface area contributed by atoms with Crippen molar-refractivity contribution in [1.82, 2.24) is 4.90 Å². The van der Waals surface area contributed by atoms with E-state index in [1.54, 1.807) is 7.05 Å². The van der Waals surface area contributed by atoms with Crippen molar-refractivity contribution >= 4 is 11.6 Å². The average Bonchev–Trinajstić information content (AvgIpc) is 2.08. The van der Waals surface area contributed by atoms with Gasteiger partial charge in [-0.05, 0) is 14.0 Å². The second-order valence-corrected chi connectivity index (χ2v) is 2.94. The average molecular weight is 157 g/mol. The monoisotopic (exact) mass is 157 g/mol. The number of ketones is 2. The van der Waals surface area contributed by atoms with Gasteiger partial charge < -0.3 is 5.11 Å². The molecule has 0 radical (unpaired) electrons. The summed E-state index contributed by atoms with van der Waals surface area (Å²) < 4.78 is 0. The van der Waals surface area contributed by atoms with Crippen LogP contribution in [0.1, 0.15) is 13.3 Å². The second-order valence-electron chi connectivity index (χ2n) is 2.94. The number of Topliss-reactive ketones (excluding diaryl/α,β-unsaturated/α-hetero) is 2. The Morgan fingerprint density at radius 1 is 1.73 bits per heavy atom. The van der Waals surface area contributed by atoms with E-state index in [2.05, 4.69) is 0 Å². The highest BCUT2D eigenvalue weighted by atomic mass is 16.3. The van der Waals surface area contributed by atoms with Crippen LogP contribution in [0.15, 0.2) is 0 Å². The Labute approximate surface area is 64.8 Å². The summed E-state index contributed by atoms with van der Waals surface area (Å²) in [6, 6.07) is 0. The lowest BCUT2D eigenvalue weighted by Crippen LogP contribution is -2.47. The molecule has 0 aromatic carbocycles. The highest BCUT2D eigenvalue weighted by Crippen LogP contribution is 2.22. The van der Waals surface area contributed by atoms with Gasteiger partial charge in [0.25, 0.3) is 0 Å². The smallest absolute Gasteiger partial charge is 0.185 e. The molecule has 11 heavy (non-hydrogen) atoms. The molecule has 0 aromatic heterocycles. The number of nitrogens with zero attached hydrogens (tertiary/aromatic N) is 1. The molecule has 1 aliphatic rings. The van der Waals surface area contributed by atoms with Crippen molar-refractivity contribution in [2.45, 2.75) is 19.1 Å². The third-order valence-electron chi connectivity index (χ3n) is 2.05. The van der Waals surface area contributed by atoms with Gasteiger partial charge in [0.05, 0.1) is 13.0 Å². The van der Waals surface area contributed by atoms with Crippen molar-refractivity contribution < 1.29 is 14.7 Å². The summed E-state index contributed by atoms with van der Waals surface area (Å²) >= 11 is 0. The fourth-order valence-corrected chi connectivity index (χ4v) is 1.25. The van der Waals surface area contributed by atoms with Crippen LogP contribution in [0.3, 0.4) is 0 Å². The minimum Gasteiger partial charge on any atom is -0.368 e. The van der Waals surface area contributed by atoms with Gasteiger partial charge in [0.15, 0.2) is 17.3 Å². The van der Waals surface area contributed by atoms with Gasteiger partial charge in [-0.25, -0.2) is 0 Å². The van der Waals surface area contributed by atoms with Crippen LogP contribution in [0.4, 0.5) is 0 Å². The van der Waals surface area contributed by atoms with E-state index < -0.39 is 5.72 Å². The zero-order valence-corrected chi connectivity index (χ0v) is 6.63. The van der Waals surface area contributed by atoms with Crippen molar-refractivity contribution in [2.24, 2.45) is 0 Å². The van der Waals surface area contributed by atoms with E-state index >= 15 is 0 Å².